The monoisotopic (exact) mass is 203 g/mol. The molecule has 2 N–H and O–H groups in total. The average Bonchev–Trinajstić information content (AvgIpc) is 2.81. The largest absolute Gasteiger partial charge is 0.389 e. The number of benzene rings is 1. The van der Waals surface area contributed by atoms with Crippen molar-refractivity contribution in [1.29, 1.82) is 0 Å². The molecule has 0 radical (unpaired) electrons. The van der Waals surface area contributed by atoms with Crippen molar-refractivity contribution in [2.24, 2.45) is 5.92 Å². The van der Waals surface area contributed by atoms with E-state index in [4.69, 9.17) is 0 Å². The van der Waals surface area contributed by atoms with Gasteiger partial charge in [-0.3, -0.25) is 0 Å². The molecule has 0 aliphatic carbocycles. The van der Waals surface area contributed by atoms with Crippen LogP contribution in [0.2, 0.25) is 0 Å². The Morgan fingerprint density at radius 3 is 2.80 bits per heavy atom. The summed E-state index contributed by atoms with van der Waals surface area (Å²) in [5.41, 5.74) is 1.14. The van der Waals surface area contributed by atoms with Crippen molar-refractivity contribution in [2.75, 3.05) is 13.1 Å². The lowest BCUT2D eigenvalue weighted by Gasteiger charge is -2.12. The van der Waals surface area contributed by atoms with Gasteiger partial charge in [0.25, 0.3) is 0 Å². The minimum atomic E-state index is -0.319. The van der Waals surface area contributed by atoms with E-state index in [1.165, 1.54) is 0 Å². The molecule has 1 saturated heterocycles. The zero-order valence-corrected chi connectivity index (χ0v) is 8.76. The first kappa shape index (κ1) is 10.4. The van der Waals surface area contributed by atoms with E-state index in [1.54, 1.807) is 0 Å². The molecule has 0 bridgehead atoms. The van der Waals surface area contributed by atoms with Gasteiger partial charge in [0.05, 0.1) is 6.10 Å². The Balaban J connectivity index is 1.93. The predicted octanol–water partition coefficient (Wildman–Crippen LogP) is 1.67. The molecule has 2 rings (SSSR count). The third-order valence-corrected chi connectivity index (χ3v) is 2.87. The molecule has 2 nitrogen and oxygen atoms in total. The fourth-order valence-corrected chi connectivity index (χ4v) is 1.90. The van der Waals surface area contributed by atoms with Crippen LogP contribution in [-0.2, 0) is 0 Å². The number of rotatable bonds is 3. The van der Waals surface area contributed by atoms with Crippen LogP contribution in [0.5, 0.6) is 0 Å². The van der Waals surface area contributed by atoms with Gasteiger partial charge in [0.1, 0.15) is 0 Å². The minimum absolute atomic E-state index is 0.319. The molecule has 1 aliphatic rings. The van der Waals surface area contributed by atoms with E-state index in [2.05, 4.69) is 5.32 Å². The lowest BCUT2D eigenvalue weighted by molar-refractivity contribution is 0.163. The molecule has 2 heteroatoms. The van der Waals surface area contributed by atoms with Crippen molar-refractivity contribution >= 4 is 6.08 Å². The van der Waals surface area contributed by atoms with Gasteiger partial charge in [-0.2, -0.15) is 0 Å². The van der Waals surface area contributed by atoms with Crippen LogP contribution in [0.3, 0.4) is 0 Å². The maximum absolute atomic E-state index is 9.88. The van der Waals surface area contributed by atoms with Gasteiger partial charge in [0.2, 0.25) is 0 Å². The topological polar surface area (TPSA) is 32.3 Å². The molecule has 1 aromatic carbocycles. The second-order valence-corrected chi connectivity index (χ2v) is 4.01. The Labute approximate surface area is 90.6 Å². The maximum atomic E-state index is 9.88. The molecule has 80 valence electrons. The average molecular weight is 203 g/mol. The quantitative estimate of drug-likeness (QED) is 0.783. The summed E-state index contributed by atoms with van der Waals surface area (Å²) in [6.07, 6.45) is 4.64. The molecule has 1 fully saturated rings. The first-order chi connectivity index (χ1) is 7.36. The van der Waals surface area contributed by atoms with E-state index in [0.29, 0.717) is 5.92 Å². The van der Waals surface area contributed by atoms with Crippen LogP contribution in [0.15, 0.2) is 36.4 Å². The summed E-state index contributed by atoms with van der Waals surface area (Å²) in [5.74, 6) is 0.380. The zero-order valence-electron chi connectivity index (χ0n) is 8.76. The van der Waals surface area contributed by atoms with Crippen molar-refractivity contribution in [3.8, 4) is 0 Å². The molecular formula is C13H17NO. The summed E-state index contributed by atoms with van der Waals surface area (Å²) < 4.78 is 0. The van der Waals surface area contributed by atoms with Crippen LogP contribution in [0.4, 0.5) is 0 Å². The molecule has 0 amide bonds. The van der Waals surface area contributed by atoms with Crippen molar-refractivity contribution < 1.29 is 5.11 Å². The Morgan fingerprint density at radius 1 is 1.33 bits per heavy atom. The Morgan fingerprint density at radius 2 is 2.13 bits per heavy atom. The van der Waals surface area contributed by atoms with Crippen LogP contribution in [-0.4, -0.2) is 24.3 Å². The number of aliphatic hydroxyl groups is 1. The van der Waals surface area contributed by atoms with Gasteiger partial charge in [-0.05, 0) is 18.5 Å². The Hall–Kier alpha value is -1.12. The zero-order chi connectivity index (χ0) is 10.5. The van der Waals surface area contributed by atoms with E-state index in [1.807, 2.05) is 42.5 Å². The van der Waals surface area contributed by atoms with Crippen molar-refractivity contribution in [3.63, 3.8) is 0 Å². The van der Waals surface area contributed by atoms with Gasteiger partial charge in [-0.15, -0.1) is 0 Å². The van der Waals surface area contributed by atoms with Crippen LogP contribution in [0.1, 0.15) is 12.0 Å². The van der Waals surface area contributed by atoms with E-state index < -0.39 is 0 Å². The summed E-state index contributed by atoms with van der Waals surface area (Å²) in [6.45, 7) is 1.96. The standard InChI is InChI=1S/C13H17NO/c15-13(12-8-9-14-10-12)7-6-11-4-2-1-3-5-11/h1-7,12-15H,8-10H2/t12-,13?/m1/s1. The fourth-order valence-electron chi connectivity index (χ4n) is 1.90. The molecule has 1 heterocycles. The summed E-state index contributed by atoms with van der Waals surface area (Å²) in [4.78, 5) is 0. The maximum Gasteiger partial charge on any atom is 0.0764 e. The smallest absolute Gasteiger partial charge is 0.0764 e. The van der Waals surface area contributed by atoms with E-state index >= 15 is 0 Å². The molecule has 15 heavy (non-hydrogen) atoms. The van der Waals surface area contributed by atoms with Gasteiger partial charge < -0.3 is 10.4 Å². The molecule has 1 aliphatic heterocycles. The minimum Gasteiger partial charge on any atom is -0.389 e. The fraction of sp³-hybridized carbons (Fsp3) is 0.385. The number of hydrogen-bond donors (Lipinski definition) is 2. The van der Waals surface area contributed by atoms with Crippen LogP contribution in [0, 0.1) is 5.92 Å². The summed E-state index contributed by atoms with van der Waals surface area (Å²) in [6, 6.07) is 10.1. The highest BCUT2D eigenvalue weighted by molar-refractivity contribution is 5.49. The van der Waals surface area contributed by atoms with Gasteiger partial charge in [0.15, 0.2) is 0 Å². The highest BCUT2D eigenvalue weighted by atomic mass is 16.3. The molecule has 1 aromatic rings. The Kier molecular flexibility index (Phi) is 3.54. The van der Waals surface area contributed by atoms with Crippen molar-refractivity contribution in [3.05, 3.63) is 42.0 Å². The second kappa shape index (κ2) is 5.10. The first-order valence-corrected chi connectivity index (χ1v) is 5.48. The highest BCUT2D eigenvalue weighted by Crippen LogP contribution is 2.14. The lowest BCUT2D eigenvalue weighted by atomic mass is 10.0. The van der Waals surface area contributed by atoms with Gasteiger partial charge >= 0.3 is 0 Å². The van der Waals surface area contributed by atoms with E-state index in [0.717, 1.165) is 25.1 Å². The highest BCUT2D eigenvalue weighted by Gasteiger charge is 2.20. The number of nitrogens with one attached hydrogen (secondary N) is 1. The lowest BCUT2D eigenvalue weighted by Crippen LogP contribution is -2.20. The van der Waals surface area contributed by atoms with Gasteiger partial charge in [-0.25, -0.2) is 0 Å². The molecule has 0 saturated carbocycles. The molecular weight excluding hydrogens is 186 g/mol. The number of aliphatic hydroxyl groups excluding tert-OH is 1. The van der Waals surface area contributed by atoms with Crippen LogP contribution < -0.4 is 5.32 Å². The van der Waals surface area contributed by atoms with E-state index in [-0.39, 0.29) is 6.10 Å². The number of hydrogen-bond acceptors (Lipinski definition) is 2. The van der Waals surface area contributed by atoms with Gasteiger partial charge in [-0.1, -0.05) is 42.5 Å². The third kappa shape index (κ3) is 2.91. The third-order valence-electron chi connectivity index (χ3n) is 2.87. The van der Waals surface area contributed by atoms with Crippen LogP contribution >= 0.6 is 0 Å². The molecule has 1 unspecified atom stereocenters. The summed E-state index contributed by atoms with van der Waals surface area (Å²) in [5, 5.41) is 13.1. The second-order valence-electron chi connectivity index (χ2n) is 4.01. The summed E-state index contributed by atoms with van der Waals surface area (Å²) >= 11 is 0. The van der Waals surface area contributed by atoms with Crippen molar-refractivity contribution in [1.82, 2.24) is 5.32 Å². The van der Waals surface area contributed by atoms with Crippen molar-refractivity contribution in [2.45, 2.75) is 12.5 Å². The Bertz CT molecular complexity index is 315. The first-order valence-electron chi connectivity index (χ1n) is 5.48. The molecule has 2 atom stereocenters. The van der Waals surface area contributed by atoms with Gasteiger partial charge in [0, 0.05) is 12.5 Å². The molecule has 0 spiro atoms. The predicted molar refractivity (Wildman–Crippen MR) is 62.5 cm³/mol. The normalized spacial score (nSPS) is 23.4. The van der Waals surface area contributed by atoms with E-state index in [9.17, 15) is 5.11 Å². The molecule has 0 aromatic heterocycles. The summed E-state index contributed by atoms with van der Waals surface area (Å²) in [7, 11) is 0. The van der Waals surface area contributed by atoms with Crippen LogP contribution in [0.25, 0.3) is 6.08 Å². The SMILES string of the molecule is OC(C=Cc1ccccc1)[C@@H]1CCNC1.